The highest BCUT2D eigenvalue weighted by molar-refractivity contribution is 6.06. The van der Waals surface area contributed by atoms with E-state index in [1.54, 1.807) is 43.5 Å². The Morgan fingerprint density at radius 3 is 2.24 bits per heavy atom. The lowest BCUT2D eigenvalue weighted by Crippen LogP contribution is -2.29. The topological polar surface area (TPSA) is 76.7 Å². The Morgan fingerprint density at radius 2 is 1.48 bits per heavy atom. The van der Waals surface area contributed by atoms with Crippen molar-refractivity contribution in [2.24, 2.45) is 0 Å². The third-order valence-corrected chi connectivity index (χ3v) is 4.19. The lowest BCUT2D eigenvalue weighted by atomic mass is 10.2. The monoisotopic (exact) mass is 390 g/mol. The number of para-hydroxylation sites is 3. The van der Waals surface area contributed by atoms with Gasteiger partial charge >= 0.3 is 0 Å². The maximum absolute atomic E-state index is 12.6. The summed E-state index contributed by atoms with van der Waals surface area (Å²) in [6.45, 7) is 0.118. The van der Waals surface area contributed by atoms with Crippen LogP contribution in [0.25, 0.3) is 0 Å². The van der Waals surface area contributed by atoms with Crippen molar-refractivity contribution in [1.82, 2.24) is 5.32 Å². The van der Waals surface area contributed by atoms with Gasteiger partial charge in [-0.15, -0.1) is 0 Å². The molecule has 3 aromatic carbocycles. The van der Waals surface area contributed by atoms with E-state index in [4.69, 9.17) is 9.47 Å². The Bertz CT molecular complexity index is 973. The molecule has 6 nitrogen and oxygen atoms in total. The molecule has 0 aromatic heterocycles. The number of methoxy groups -OCH3 is 1. The fraction of sp³-hybridized carbons (Fsp3) is 0.130. The summed E-state index contributed by atoms with van der Waals surface area (Å²) in [5.41, 5.74) is 1.90. The number of anilines is 1. The average Bonchev–Trinajstić information content (AvgIpc) is 2.77. The normalized spacial score (nSPS) is 10.1. The summed E-state index contributed by atoms with van der Waals surface area (Å²) in [5.74, 6) is 0.445. The van der Waals surface area contributed by atoms with Gasteiger partial charge in [-0.25, -0.2) is 0 Å². The van der Waals surface area contributed by atoms with Gasteiger partial charge in [0.05, 0.1) is 12.7 Å². The van der Waals surface area contributed by atoms with Crippen LogP contribution in [0.4, 0.5) is 5.69 Å². The molecule has 2 amide bonds. The molecule has 3 aromatic rings. The Morgan fingerprint density at radius 1 is 0.828 bits per heavy atom. The molecule has 148 valence electrons. The van der Waals surface area contributed by atoms with Gasteiger partial charge in [-0.2, -0.15) is 0 Å². The van der Waals surface area contributed by atoms with Gasteiger partial charge in [0.15, 0.2) is 6.61 Å². The molecule has 0 heterocycles. The standard InChI is InChI=1S/C23H22N2O4/c1-28-20-13-7-5-9-17(20)15-24-22(26)16-29-21-14-8-6-12-19(21)23(27)25-18-10-3-2-4-11-18/h2-14H,15-16H2,1H3,(H,24,26)(H,25,27). The van der Waals surface area contributed by atoms with E-state index >= 15 is 0 Å². The Hall–Kier alpha value is -3.80. The molecule has 3 rings (SSSR count). The summed E-state index contributed by atoms with van der Waals surface area (Å²) in [6, 6.07) is 23.4. The number of rotatable bonds is 8. The smallest absolute Gasteiger partial charge is 0.259 e. The SMILES string of the molecule is COc1ccccc1CNC(=O)COc1ccccc1C(=O)Nc1ccccc1. The van der Waals surface area contributed by atoms with Crippen molar-refractivity contribution in [2.75, 3.05) is 19.0 Å². The summed E-state index contributed by atoms with van der Waals surface area (Å²) in [4.78, 5) is 24.7. The second kappa shape index (κ2) is 9.94. The molecule has 0 radical (unpaired) electrons. The van der Waals surface area contributed by atoms with E-state index in [0.717, 1.165) is 5.56 Å². The van der Waals surface area contributed by atoms with Crippen LogP contribution in [-0.2, 0) is 11.3 Å². The molecule has 0 unspecified atom stereocenters. The van der Waals surface area contributed by atoms with Crippen LogP contribution in [0.2, 0.25) is 0 Å². The second-order valence-electron chi connectivity index (χ2n) is 6.19. The Balaban J connectivity index is 1.58. The van der Waals surface area contributed by atoms with Gasteiger partial charge in [0.1, 0.15) is 11.5 Å². The van der Waals surface area contributed by atoms with Crippen molar-refractivity contribution in [1.29, 1.82) is 0 Å². The van der Waals surface area contributed by atoms with E-state index in [1.165, 1.54) is 0 Å². The first-order valence-electron chi connectivity index (χ1n) is 9.14. The molecule has 29 heavy (non-hydrogen) atoms. The first-order valence-corrected chi connectivity index (χ1v) is 9.14. The van der Waals surface area contributed by atoms with E-state index < -0.39 is 0 Å². The van der Waals surface area contributed by atoms with E-state index in [1.807, 2.05) is 42.5 Å². The molecular weight excluding hydrogens is 368 g/mol. The minimum Gasteiger partial charge on any atom is -0.496 e. The van der Waals surface area contributed by atoms with Gasteiger partial charge < -0.3 is 20.1 Å². The van der Waals surface area contributed by atoms with Crippen LogP contribution in [0.1, 0.15) is 15.9 Å². The van der Waals surface area contributed by atoms with Gasteiger partial charge in [0.25, 0.3) is 11.8 Å². The molecule has 0 saturated carbocycles. The van der Waals surface area contributed by atoms with Crippen LogP contribution in [0, 0.1) is 0 Å². The zero-order chi connectivity index (χ0) is 20.5. The molecule has 0 aliphatic carbocycles. The van der Waals surface area contributed by atoms with Crippen LogP contribution >= 0.6 is 0 Å². The van der Waals surface area contributed by atoms with Crippen LogP contribution < -0.4 is 20.1 Å². The van der Waals surface area contributed by atoms with Crippen LogP contribution in [-0.4, -0.2) is 25.5 Å². The van der Waals surface area contributed by atoms with E-state index in [9.17, 15) is 9.59 Å². The van der Waals surface area contributed by atoms with Crippen molar-refractivity contribution in [3.8, 4) is 11.5 Å². The fourth-order valence-electron chi connectivity index (χ4n) is 2.74. The summed E-state index contributed by atoms with van der Waals surface area (Å²) in [5, 5.41) is 5.60. The molecule has 6 heteroatoms. The molecule has 0 fully saturated rings. The zero-order valence-corrected chi connectivity index (χ0v) is 16.1. The van der Waals surface area contributed by atoms with Crippen molar-refractivity contribution in [3.63, 3.8) is 0 Å². The molecule has 0 aliphatic heterocycles. The molecule has 0 aliphatic rings. The Labute approximate surface area is 169 Å². The first kappa shape index (κ1) is 19.9. The molecule has 0 bridgehead atoms. The van der Waals surface area contributed by atoms with Gasteiger partial charge in [0.2, 0.25) is 0 Å². The average molecular weight is 390 g/mol. The van der Waals surface area contributed by atoms with Crippen LogP contribution in [0.5, 0.6) is 11.5 Å². The number of hydrogen-bond donors (Lipinski definition) is 2. The maximum atomic E-state index is 12.6. The highest BCUT2D eigenvalue weighted by atomic mass is 16.5. The van der Waals surface area contributed by atoms with E-state index in [0.29, 0.717) is 29.3 Å². The van der Waals surface area contributed by atoms with Crippen molar-refractivity contribution in [2.45, 2.75) is 6.54 Å². The highest BCUT2D eigenvalue weighted by Gasteiger charge is 2.14. The number of ether oxygens (including phenoxy) is 2. The van der Waals surface area contributed by atoms with Crippen molar-refractivity contribution >= 4 is 17.5 Å². The summed E-state index contributed by atoms with van der Waals surface area (Å²) >= 11 is 0. The van der Waals surface area contributed by atoms with Gasteiger partial charge in [-0.3, -0.25) is 9.59 Å². The summed E-state index contributed by atoms with van der Waals surface area (Å²) in [7, 11) is 1.58. The number of carbonyl (C=O) groups is 2. The minimum absolute atomic E-state index is 0.204. The van der Waals surface area contributed by atoms with Gasteiger partial charge in [0, 0.05) is 17.8 Å². The second-order valence-corrected chi connectivity index (χ2v) is 6.19. The fourth-order valence-corrected chi connectivity index (χ4v) is 2.74. The predicted molar refractivity (Wildman–Crippen MR) is 111 cm³/mol. The lowest BCUT2D eigenvalue weighted by Gasteiger charge is -2.12. The summed E-state index contributed by atoms with van der Waals surface area (Å²) in [6.07, 6.45) is 0. The maximum Gasteiger partial charge on any atom is 0.259 e. The van der Waals surface area contributed by atoms with Crippen LogP contribution in [0.3, 0.4) is 0 Å². The number of hydrogen-bond acceptors (Lipinski definition) is 4. The number of amides is 2. The highest BCUT2D eigenvalue weighted by Crippen LogP contribution is 2.20. The molecule has 0 atom stereocenters. The van der Waals surface area contributed by atoms with E-state index in [2.05, 4.69) is 10.6 Å². The quantitative estimate of drug-likeness (QED) is 0.616. The summed E-state index contributed by atoms with van der Waals surface area (Å²) < 4.78 is 10.9. The molecule has 2 N–H and O–H groups in total. The van der Waals surface area contributed by atoms with Gasteiger partial charge in [-0.05, 0) is 30.3 Å². The largest absolute Gasteiger partial charge is 0.496 e. The van der Waals surface area contributed by atoms with E-state index in [-0.39, 0.29) is 18.4 Å². The zero-order valence-electron chi connectivity index (χ0n) is 16.1. The van der Waals surface area contributed by atoms with Crippen molar-refractivity contribution in [3.05, 3.63) is 90.0 Å². The number of nitrogens with one attached hydrogen (secondary N) is 2. The third-order valence-electron chi connectivity index (χ3n) is 4.19. The minimum atomic E-state index is -0.304. The van der Waals surface area contributed by atoms with Gasteiger partial charge in [-0.1, -0.05) is 48.5 Å². The third kappa shape index (κ3) is 5.59. The molecular formula is C23H22N2O4. The molecule has 0 spiro atoms. The first-order chi connectivity index (χ1) is 14.2. The number of carbonyl (C=O) groups excluding carboxylic acids is 2. The predicted octanol–water partition coefficient (Wildman–Crippen LogP) is 3.64. The van der Waals surface area contributed by atoms with Crippen molar-refractivity contribution < 1.29 is 19.1 Å². The number of benzene rings is 3. The Kier molecular flexibility index (Phi) is 6.84. The van der Waals surface area contributed by atoms with Crippen LogP contribution in [0.15, 0.2) is 78.9 Å². The lowest BCUT2D eigenvalue weighted by molar-refractivity contribution is -0.123. The molecule has 0 saturated heterocycles.